The van der Waals surface area contributed by atoms with E-state index >= 15 is 0 Å². The van der Waals surface area contributed by atoms with Gasteiger partial charge in [-0.15, -0.1) is 0 Å². The Morgan fingerprint density at radius 1 is 1.11 bits per heavy atom. The molecule has 1 aliphatic carbocycles. The number of β-amino-alcohol motifs (C(OH)–C–C–N with tert-alkyl or cyclic N) is 1. The molecule has 2 aromatic carbocycles. The Labute approximate surface area is 166 Å². The third kappa shape index (κ3) is 4.66. The second-order valence-corrected chi connectivity index (χ2v) is 9.92. The zero-order chi connectivity index (χ0) is 20.7. The second kappa shape index (κ2) is 7.39. The normalized spacial score (nSPS) is 16.6. The van der Waals surface area contributed by atoms with Gasteiger partial charge in [0.15, 0.2) is 0 Å². The van der Waals surface area contributed by atoms with Gasteiger partial charge >= 0.3 is 0 Å². The van der Waals surface area contributed by atoms with Crippen molar-refractivity contribution in [3.05, 3.63) is 58.1 Å². The molecule has 0 radical (unpaired) electrons. The summed E-state index contributed by atoms with van der Waals surface area (Å²) in [6.45, 7) is 6.72. The van der Waals surface area contributed by atoms with Crippen LogP contribution in [0.3, 0.4) is 0 Å². The van der Waals surface area contributed by atoms with Crippen LogP contribution < -0.4 is 10.0 Å². The van der Waals surface area contributed by atoms with E-state index in [0.29, 0.717) is 12.1 Å². The molecular formula is C21H28N2O4S. The fourth-order valence-corrected chi connectivity index (χ4v) is 4.36. The van der Waals surface area contributed by atoms with Gasteiger partial charge in [-0.25, -0.2) is 8.42 Å². The Balaban J connectivity index is 1.69. The van der Waals surface area contributed by atoms with Crippen LogP contribution in [0.5, 0.6) is 5.75 Å². The second-order valence-electron chi connectivity index (χ2n) is 8.17. The van der Waals surface area contributed by atoms with Crippen LogP contribution in [0.1, 0.15) is 40.8 Å². The molecule has 7 heteroatoms. The summed E-state index contributed by atoms with van der Waals surface area (Å²) in [5.74, 6) is -0.182. The van der Waals surface area contributed by atoms with Gasteiger partial charge in [0.1, 0.15) is 5.75 Å². The summed E-state index contributed by atoms with van der Waals surface area (Å²) >= 11 is 0. The first-order valence-electron chi connectivity index (χ1n) is 9.28. The highest BCUT2D eigenvalue weighted by Crippen LogP contribution is 2.33. The lowest BCUT2D eigenvalue weighted by molar-refractivity contribution is 0.159. The van der Waals surface area contributed by atoms with Crippen molar-refractivity contribution in [2.75, 3.05) is 17.5 Å². The van der Waals surface area contributed by atoms with Crippen LogP contribution >= 0.6 is 0 Å². The number of phenols is 1. The third-order valence-electron chi connectivity index (χ3n) is 5.40. The number of aliphatic hydroxyl groups is 1. The van der Waals surface area contributed by atoms with Gasteiger partial charge in [0.2, 0.25) is 10.0 Å². The third-order valence-corrected chi connectivity index (χ3v) is 5.99. The Morgan fingerprint density at radius 2 is 1.68 bits per heavy atom. The molecule has 152 valence electrons. The van der Waals surface area contributed by atoms with Crippen molar-refractivity contribution in [1.82, 2.24) is 5.32 Å². The number of aliphatic hydroxyl groups excluding tert-OH is 1. The maximum absolute atomic E-state index is 11.4. The number of rotatable bonds is 6. The molecule has 0 unspecified atom stereocenters. The molecule has 2 aromatic rings. The van der Waals surface area contributed by atoms with E-state index in [1.54, 1.807) is 6.07 Å². The van der Waals surface area contributed by atoms with Gasteiger partial charge in [-0.1, -0.05) is 18.2 Å². The monoisotopic (exact) mass is 404 g/mol. The van der Waals surface area contributed by atoms with Crippen molar-refractivity contribution in [2.24, 2.45) is 0 Å². The molecule has 0 aliphatic heterocycles. The zero-order valence-corrected chi connectivity index (χ0v) is 17.5. The van der Waals surface area contributed by atoms with E-state index in [2.05, 4.69) is 42.9 Å². The number of fused-ring (bicyclic) bond motifs is 1. The number of phenolic OH excluding ortho intramolecular Hbond substituents is 1. The quantitative estimate of drug-likeness (QED) is 0.555. The van der Waals surface area contributed by atoms with Crippen molar-refractivity contribution in [3.8, 4) is 5.75 Å². The Kier molecular flexibility index (Phi) is 5.44. The maximum Gasteiger partial charge on any atom is 0.229 e. The van der Waals surface area contributed by atoms with E-state index in [9.17, 15) is 18.6 Å². The number of hydrogen-bond donors (Lipinski definition) is 4. The van der Waals surface area contributed by atoms with Crippen molar-refractivity contribution < 1.29 is 18.6 Å². The molecule has 1 aliphatic rings. The predicted molar refractivity (Wildman–Crippen MR) is 111 cm³/mol. The zero-order valence-electron chi connectivity index (χ0n) is 16.7. The van der Waals surface area contributed by atoms with Crippen LogP contribution in [0.4, 0.5) is 5.69 Å². The fraction of sp³-hybridized carbons (Fsp3) is 0.429. The molecule has 0 amide bonds. The lowest BCUT2D eigenvalue weighted by Crippen LogP contribution is -2.45. The fourth-order valence-electron chi connectivity index (χ4n) is 3.80. The van der Waals surface area contributed by atoms with Gasteiger partial charge in [0.05, 0.1) is 18.0 Å². The lowest BCUT2D eigenvalue weighted by atomic mass is 9.97. The minimum Gasteiger partial charge on any atom is -0.506 e. The number of aryl methyl sites for hydroxylation is 2. The highest BCUT2D eigenvalue weighted by atomic mass is 32.2. The summed E-state index contributed by atoms with van der Waals surface area (Å²) < 4.78 is 25.1. The Morgan fingerprint density at radius 3 is 2.21 bits per heavy atom. The standard InChI is InChI=1S/C21H28N2O4S/c1-13-7-16-10-21(3,11-17(16)8-14(13)2)22-12-20(25)15-5-6-19(24)18(9-15)23-28(4,26)27/h5-9,20,22-25H,10-12H2,1-4H3/t20-/m0/s1. The molecule has 0 spiro atoms. The van der Waals surface area contributed by atoms with Crippen molar-refractivity contribution >= 4 is 15.7 Å². The van der Waals surface area contributed by atoms with Crippen LogP contribution in [-0.4, -0.2) is 37.0 Å². The van der Waals surface area contributed by atoms with Crippen LogP contribution in [0.25, 0.3) is 0 Å². The van der Waals surface area contributed by atoms with E-state index in [-0.39, 0.29) is 17.0 Å². The minimum absolute atomic E-state index is 0.0597. The number of nitrogens with one attached hydrogen (secondary N) is 2. The molecule has 0 saturated heterocycles. The topological polar surface area (TPSA) is 98.7 Å². The predicted octanol–water partition coefficient (Wildman–Crippen LogP) is 2.56. The van der Waals surface area contributed by atoms with E-state index in [1.165, 1.54) is 34.4 Å². The average Bonchev–Trinajstić information content (AvgIpc) is 2.89. The Bertz CT molecular complexity index is 971. The summed E-state index contributed by atoms with van der Waals surface area (Å²) in [6, 6.07) is 8.92. The van der Waals surface area contributed by atoms with Crippen LogP contribution in [0.2, 0.25) is 0 Å². The highest BCUT2D eigenvalue weighted by Gasteiger charge is 2.33. The highest BCUT2D eigenvalue weighted by molar-refractivity contribution is 7.92. The largest absolute Gasteiger partial charge is 0.506 e. The van der Waals surface area contributed by atoms with E-state index in [0.717, 1.165) is 19.1 Å². The van der Waals surface area contributed by atoms with E-state index < -0.39 is 16.1 Å². The molecule has 0 fully saturated rings. The van der Waals surface area contributed by atoms with Crippen molar-refractivity contribution in [1.29, 1.82) is 0 Å². The molecule has 1 atom stereocenters. The minimum atomic E-state index is -3.52. The lowest BCUT2D eigenvalue weighted by Gasteiger charge is -2.27. The van der Waals surface area contributed by atoms with Gasteiger partial charge in [0.25, 0.3) is 0 Å². The summed E-state index contributed by atoms with van der Waals surface area (Å²) in [7, 11) is -3.52. The molecule has 0 heterocycles. The van der Waals surface area contributed by atoms with Gasteiger partial charge in [-0.05, 0) is 73.6 Å². The van der Waals surface area contributed by atoms with Crippen LogP contribution in [-0.2, 0) is 22.9 Å². The SMILES string of the molecule is Cc1cc2c(cc1C)CC(C)(NC[C@H](O)c1ccc(O)c(NS(C)(=O)=O)c1)C2. The van der Waals surface area contributed by atoms with E-state index in [4.69, 9.17) is 0 Å². The Hall–Kier alpha value is -2.09. The van der Waals surface area contributed by atoms with Crippen molar-refractivity contribution in [3.63, 3.8) is 0 Å². The summed E-state index contributed by atoms with van der Waals surface area (Å²) in [6.07, 6.45) is 1.98. The first-order valence-corrected chi connectivity index (χ1v) is 11.2. The smallest absolute Gasteiger partial charge is 0.229 e. The summed E-state index contributed by atoms with van der Waals surface area (Å²) in [5, 5.41) is 23.9. The molecule has 3 rings (SSSR count). The number of sulfonamides is 1. The average molecular weight is 405 g/mol. The summed E-state index contributed by atoms with van der Waals surface area (Å²) in [5.41, 5.74) is 5.71. The van der Waals surface area contributed by atoms with Crippen LogP contribution in [0.15, 0.2) is 30.3 Å². The van der Waals surface area contributed by atoms with Crippen LogP contribution in [0, 0.1) is 13.8 Å². The van der Waals surface area contributed by atoms with Crippen molar-refractivity contribution in [2.45, 2.75) is 45.3 Å². The van der Waals surface area contributed by atoms with Gasteiger partial charge in [-0.2, -0.15) is 0 Å². The molecule has 28 heavy (non-hydrogen) atoms. The molecule has 0 aromatic heterocycles. The molecule has 4 N–H and O–H groups in total. The number of anilines is 1. The van der Waals surface area contributed by atoms with Gasteiger partial charge < -0.3 is 15.5 Å². The number of benzene rings is 2. The maximum atomic E-state index is 11.4. The molecular weight excluding hydrogens is 376 g/mol. The molecule has 6 nitrogen and oxygen atoms in total. The summed E-state index contributed by atoms with van der Waals surface area (Å²) in [4.78, 5) is 0. The molecule has 0 saturated carbocycles. The van der Waals surface area contributed by atoms with Gasteiger partial charge in [0, 0.05) is 12.1 Å². The number of hydrogen-bond acceptors (Lipinski definition) is 5. The first-order chi connectivity index (χ1) is 13.0. The van der Waals surface area contributed by atoms with E-state index in [1.807, 2.05) is 0 Å². The number of aromatic hydroxyl groups is 1. The molecule has 0 bridgehead atoms. The first kappa shape index (κ1) is 20.6. The van der Waals surface area contributed by atoms with Gasteiger partial charge in [-0.3, -0.25) is 4.72 Å².